The van der Waals surface area contributed by atoms with Gasteiger partial charge in [0, 0.05) is 24.8 Å². The summed E-state index contributed by atoms with van der Waals surface area (Å²) in [6, 6.07) is 10.2. The normalized spacial score (nSPS) is 18.8. The van der Waals surface area contributed by atoms with Crippen molar-refractivity contribution in [1.82, 2.24) is 19.7 Å². The molecule has 1 aromatic carbocycles. The van der Waals surface area contributed by atoms with Crippen LogP contribution in [0.3, 0.4) is 0 Å². The van der Waals surface area contributed by atoms with E-state index in [-0.39, 0.29) is 6.04 Å². The van der Waals surface area contributed by atoms with Crippen molar-refractivity contribution in [2.75, 3.05) is 11.4 Å². The predicted octanol–water partition coefficient (Wildman–Crippen LogP) is 3.03. The zero-order valence-corrected chi connectivity index (χ0v) is 16.9. The minimum Gasteiger partial charge on any atom is -0.391 e. The Morgan fingerprint density at radius 3 is 2.86 bits per heavy atom. The monoisotopic (exact) mass is 388 g/mol. The Bertz CT molecular complexity index is 1080. The molecule has 2 atom stereocenters. The molecule has 1 fully saturated rings. The van der Waals surface area contributed by atoms with Crippen molar-refractivity contribution < 1.29 is 5.11 Å². The van der Waals surface area contributed by atoms with E-state index in [1.54, 1.807) is 6.33 Å². The van der Waals surface area contributed by atoms with Gasteiger partial charge in [-0.2, -0.15) is 5.26 Å². The second-order valence-corrected chi connectivity index (χ2v) is 7.54. The fraction of sp³-hybridized carbons (Fsp3) is 0.364. The highest BCUT2D eigenvalue weighted by atomic mass is 16.3. The summed E-state index contributed by atoms with van der Waals surface area (Å²) in [5, 5.41) is 28.8. The first kappa shape index (κ1) is 19.1. The summed E-state index contributed by atoms with van der Waals surface area (Å²) in [4.78, 5) is 6.58. The molecular weight excluding hydrogens is 364 g/mol. The smallest absolute Gasteiger partial charge is 0.160 e. The van der Waals surface area contributed by atoms with E-state index >= 15 is 0 Å². The number of hydrogen-bond acceptors (Lipinski definition) is 6. The molecule has 4 rings (SSSR count). The lowest BCUT2D eigenvalue weighted by molar-refractivity contribution is 0.193. The Hall–Kier alpha value is -3.24. The van der Waals surface area contributed by atoms with E-state index in [0.717, 1.165) is 34.6 Å². The lowest BCUT2D eigenvalue weighted by Gasteiger charge is -2.27. The fourth-order valence-electron chi connectivity index (χ4n) is 4.16. The summed E-state index contributed by atoms with van der Waals surface area (Å²) in [5.41, 5.74) is 4.70. The molecule has 2 aromatic heterocycles. The SMILES string of the molecule is CCc1c(C)cnc(N2C[C@@H](O)C[C@H]2c2nncn2-c2cccc(C)c2)c1C#N. The number of β-amino-alcohol motifs (C(OH)–C–C–N with tert-alkyl or cyclic N) is 1. The van der Waals surface area contributed by atoms with Crippen LogP contribution < -0.4 is 4.90 Å². The Kier molecular flexibility index (Phi) is 5.03. The van der Waals surface area contributed by atoms with E-state index in [0.29, 0.717) is 24.3 Å². The molecule has 148 valence electrons. The van der Waals surface area contributed by atoms with Crippen LogP contribution in [0.25, 0.3) is 5.69 Å². The molecule has 1 saturated heterocycles. The second-order valence-electron chi connectivity index (χ2n) is 7.54. The lowest BCUT2D eigenvalue weighted by atomic mass is 10.0. The average molecular weight is 388 g/mol. The summed E-state index contributed by atoms with van der Waals surface area (Å²) < 4.78 is 1.95. The largest absolute Gasteiger partial charge is 0.391 e. The van der Waals surface area contributed by atoms with Gasteiger partial charge in [0.2, 0.25) is 0 Å². The van der Waals surface area contributed by atoms with Crippen molar-refractivity contribution in [2.45, 2.75) is 45.8 Å². The minimum absolute atomic E-state index is 0.222. The number of aryl methyl sites for hydroxylation is 2. The van der Waals surface area contributed by atoms with Gasteiger partial charge in [-0.15, -0.1) is 10.2 Å². The molecule has 0 unspecified atom stereocenters. The van der Waals surface area contributed by atoms with Crippen molar-refractivity contribution in [3.05, 3.63) is 64.9 Å². The number of aliphatic hydroxyl groups excluding tert-OH is 1. The van der Waals surface area contributed by atoms with Crippen LogP contribution in [-0.2, 0) is 6.42 Å². The van der Waals surface area contributed by atoms with E-state index in [9.17, 15) is 10.4 Å². The predicted molar refractivity (Wildman–Crippen MR) is 110 cm³/mol. The van der Waals surface area contributed by atoms with E-state index in [2.05, 4.69) is 27.3 Å². The molecule has 3 aromatic rings. The molecule has 0 bridgehead atoms. The third-order valence-corrected chi connectivity index (χ3v) is 5.55. The first-order valence-electron chi connectivity index (χ1n) is 9.83. The topological polar surface area (TPSA) is 90.9 Å². The molecular formula is C22H24N6O. The highest BCUT2D eigenvalue weighted by Gasteiger charge is 2.37. The Morgan fingerprint density at radius 2 is 2.14 bits per heavy atom. The lowest BCUT2D eigenvalue weighted by Crippen LogP contribution is -2.28. The van der Waals surface area contributed by atoms with Gasteiger partial charge in [-0.3, -0.25) is 4.57 Å². The number of nitriles is 1. The van der Waals surface area contributed by atoms with Crippen molar-refractivity contribution in [2.24, 2.45) is 0 Å². The zero-order chi connectivity index (χ0) is 20.5. The molecule has 0 radical (unpaired) electrons. The van der Waals surface area contributed by atoms with Crippen LogP contribution in [0.1, 0.15) is 47.5 Å². The van der Waals surface area contributed by atoms with Crippen molar-refractivity contribution in [1.29, 1.82) is 5.26 Å². The van der Waals surface area contributed by atoms with Gasteiger partial charge >= 0.3 is 0 Å². The number of nitrogens with zero attached hydrogens (tertiary/aromatic N) is 6. The first-order valence-corrected chi connectivity index (χ1v) is 9.83. The number of rotatable bonds is 4. The highest BCUT2D eigenvalue weighted by molar-refractivity contribution is 5.61. The Morgan fingerprint density at radius 1 is 1.31 bits per heavy atom. The van der Waals surface area contributed by atoms with Crippen LogP contribution in [0.4, 0.5) is 5.82 Å². The number of pyridine rings is 1. The average Bonchev–Trinajstić information content (AvgIpc) is 3.34. The number of anilines is 1. The van der Waals surface area contributed by atoms with Crippen molar-refractivity contribution >= 4 is 5.82 Å². The molecule has 29 heavy (non-hydrogen) atoms. The molecule has 3 heterocycles. The maximum Gasteiger partial charge on any atom is 0.160 e. The van der Waals surface area contributed by atoms with Gasteiger partial charge in [-0.05, 0) is 49.1 Å². The van der Waals surface area contributed by atoms with Gasteiger partial charge in [0.05, 0.1) is 17.7 Å². The molecule has 0 saturated carbocycles. The van der Waals surface area contributed by atoms with E-state index in [1.165, 1.54) is 0 Å². The number of benzene rings is 1. The molecule has 0 aliphatic carbocycles. The summed E-state index contributed by atoms with van der Waals surface area (Å²) in [5.74, 6) is 1.34. The summed E-state index contributed by atoms with van der Waals surface area (Å²) in [6.07, 6.45) is 4.24. The minimum atomic E-state index is -0.526. The van der Waals surface area contributed by atoms with Crippen LogP contribution in [0.2, 0.25) is 0 Å². The maximum absolute atomic E-state index is 10.5. The zero-order valence-electron chi connectivity index (χ0n) is 16.9. The van der Waals surface area contributed by atoms with Gasteiger partial charge in [0.25, 0.3) is 0 Å². The van der Waals surface area contributed by atoms with Crippen molar-refractivity contribution in [3.8, 4) is 11.8 Å². The van der Waals surface area contributed by atoms with Crippen LogP contribution >= 0.6 is 0 Å². The van der Waals surface area contributed by atoms with E-state index < -0.39 is 6.10 Å². The third-order valence-electron chi connectivity index (χ3n) is 5.55. The number of aliphatic hydroxyl groups is 1. The van der Waals surface area contributed by atoms with Gasteiger partial charge in [0.1, 0.15) is 18.2 Å². The number of aromatic nitrogens is 4. The quantitative estimate of drug-likeness (QED) is 0.739. The molecule has 1 aliphatic heterocycles. The van der Waals surface area contributed by atoms with Crippen LogP contribution in [0.5, 0.6) is 0 Å². The Balaban J connectivity index is 1.81. The fourth-order valence-corrected chi connectivity index (χ4v) is 4.16. The molecule has 0 amide bonds. The second kappa shape index (κ2) is 7.64. The summed E-state index contributed by atoms with van der Waals surface area (Å²) >= 11 is 0. The van der Waals surface area contributed by atoms with E-state index in [1.807, 2.05) is 54.6 Å². The third kappa shape index (κ3) is 3.36. The van der Waals surface area contributed by atoms with Crippen LogP contribution in [0.15, 0.2) is 36.8 Å². The van der Waals surface area contributed by atoms with Crippen LogP contribution in [0, 0.1) is 25.2 Å². The van der Waals surface area contributed by atoms with Gasteiger partial charge in [-0.25, -0.2) is 4.98 Å². The van der Waals surface area contributed by atoms with Gasteiger partial charge in [-0.1, -0.05) is 19.1 Å². The van der Waals surface area contributed by atoms with Crippen molar-refractivity contribution in [3.63, 3.8) is 0 Å². The first-order chi connectivity index (χ1) is 14.0. The summed E-state index contributed by atoms with van der Waals surface area (Å²) in [7, 11) is 0. The van der Waals surface area contributed by atoms with E-state index in [4.69, 9.17) is 0 Å². The number of hydrogen-bond donors (Lipinski definition) is 1. The van der Waals surface area contributed by atoms with Gasteiger partial charge < -0.3 is 10.0 Å². The standard InChI is InChI=1S/C22H24N6O/c1-4-18-15(3)11-24-21(19(18)10-23)27-12-17(29)9-20(27)22-26-25-13-28(22)16-7-5-6-14(2)8-16/h5-8,11,13,17,20,29H,4,9,12H2,1-3H3/t17-,20-/m0/s1. The highest BCUT2D eigenvalue weighted by Crippen LogP contribution is 2.38. The van der Waals surface area contributed by atoms with Crippen LogP contribution in [-0.4, -0.2) is 37.5 Å². The molecule has 0 spiro atoms. The maximum atomic E-state index is 10.5. The molecule has 1 aliphatic rings. The van der Waals surface area contributed by atoms with Gasteiger partial charge in [0.15, 0.2) is 5.82 Å². The summed E-state index contributed by atoms with van der Waals surface area (Å²) in [6.45, 7) is 6.46. The molecule has 7 heteroatoms. The Labute approximate surface area is 170 Å². The molecule has 1 N–H and O–H groups in total. The molecule has 7 nitrogen and oxygen atoms in total.